The lowest BCUT2D eigenvalue weighted by Gasteiger charge is -2.46. The van der Waals surface area contributed by atoms with Crippen molar-refractivity contribution in [1.82, 2.24) is 10.6 Å². The third-order valence-corrected chi connectivity index (χ3v) is 3.50. The van der Waals surface area contributed by atoms with Crippen molar-refractivity contribution in [2.75, 3.05) is 0 Å². The fourth-order valence-electron chi connectivity index (χ4n) is 3.15. The van der Waals surface area contributed by atoms with E-state index >= 15 is 0 Å². The van der Waals surface area contributed by atoms with Crippen molar-refractivity contribution in [2.45, 2.75) is 96.9 Å². The average Bonchev–Trinajstić information content (AvgIpc) is 2.28. The van der Waals surface area contributed by atoms with Crippen LogP contribution in [0.2, 0.25) is 0 Å². The molecule has 6 heteroatoms. The molecular formula is C17H32N2O4. The first-order valence-electron chi connectivity index (χ1n) is 8.25. The molecule has 6 nitrogen and oxygen atoms in total. The summed E-state index contributed by atoms with van der Waals surface area (Å²) in [6.07, 6.45) is 1.84. The van der Waals surface area contributed by atoms with Gasteiger partial charge in [-0.25, -0.2) is 4.79 Å². The van der Waals surface area contributed by atoms with Gasteiger partial charge in [0.1, 0.15) is 5.60 Å². The van der Waals surface area contributed by atoms with E-state index in [4.69, 9.17) is 4.89 Å². The van der Waals surface area contributed by atoms with Crippen molar-refractivity contribution in [3.05, 3.63) is 0 Å². The van der Waals surface area contributed by atoms with E-state index in [2.05, 4.69) is 43.2 Å². The number of hydrogen-bond donors (Lipinski definition) is 2. The summed E-state index contributed by atoms with van der Waals surface area (Å²) in [4.78, 5) is 33.2. The Morgan fingerprint density at radius 1 is 1.09 bits per heavy atom. The number of nitrogens with one attached hydrogen (secondary N) is 2. The lowest BCUT2D eigenvalue weighted by Crippen LogP contribution is -2.62. The number of hydrogen-bond acceptors (Lipinski definition) is 5. The Hall–Kier alpha value is -1.14. The van der Waals surface area contributed by atoms with Crippen LogP contribution < -0.4 is 10.6 Å². The van der Waals surface area contributed by atoms with Gasteiger partial charge in [-0.15, -0.1) is 0 Å². The molecule has 0 atom stereocenters. The van der Waals surface area contributed by atoms with Crippen molar-refractivity contribution in [2.24, 2.45) is 0 Å². The Balaban J connectivity index is 2.37. The van der Waals surface area contributed by atoms with Gasteiger partial charge in [0.15, 0.2) is 0 Å². The summed E-state index contributed by atoms with van der Waals surface area (Å²) in [5.41, 5.74) is -0.609. The van der Waals surface area contributed by atoms with E-state index in [1.54, 1.807) is 20.8 Å². The first kappa shape index (κ1) is 19.9. The molecule has 0 radical (unpaired) electrons. The second kappa shape index (κ2) is 7.18. The summed E-state index contributed by atoms with van der Waals surface area (Å²) in [7, 11) is 0. The molecule has 0 bridgehead atoms. The number of carbonyl (C=O) groups is 2. The maximum absolute atomic E-state index is 12.1. The van der Waals surface area contributed by atoms with Crippen molar-refractivity contribution < 1.29 is 19.4 Å². The summed E-state index contributed by atoms with van der Waals surface area (Å²) in [5, 5.41) is 6.60. The normalized spacial score (nSPS) is 20.8. The number of piperidine rings is 1. The third kappa shape index (κ3) is 8.32. The van der Waals surface area contributed by atoms with Crippen LogP contribution in [-0.4, -0.2) is 34.6 Å². The lowest BCUT2D eigenvalue weighted by atomic mass is 9.79. The Kier molecular flexibility index (Phi) is 6.21. The van der Waals surface area contributed by atoms with E-state index in [1.165, 1.54) is 0 Å². The van der Waals surface area contributed by atoms with E-state index in [0.717, 1.165) is 12.8 Å². The first-order chi connectivity index (χ1) is 10.3. The van der Waals surface area contributed by atoms with Gasteiger partial charge in [-0.1, -0.05) is 0 Å². The maximum atomic E-state index is 12.1. The summed E-state index contributed by atoms with van der Waals surface area (Å²) in [6, 6.07) is 0.107. The molecule has 1 aliphatic heterocycles. The lowest BCUT2D eigenvalue weighted by molar-refractivity contribution is -0.320. The van der Waals surface area contributed by atoms with E-state index in [1.807, 2.05) is 0 Å². The van der Waals surface area contributed by atoms with Crippen LogP contribution in [-0.2, 0) is 19.4 Å². The van der Waals surface area contributed by atoms with Crippen molar-refractivity contribution in [3.63, 3.8) is 0 Å². The van der Waals surface area contributed by atoms with Crippen LogP contribution in [0.5, 0.6) is 0 Å². The summed E-state index contributed by atoms with van der Waals surface area (Å²) >= 11 is 0. The van der Waals surface area contributed by atoms with Crippen LogP contribution in [0.3, 0.4) is 0 Å². The predicted molar refractivity (Wildman–Crippen MR) is 88.6 cm³/mol. The van der Waals surface area contributed by atoms with Crippen molar-refractivity contribution in [1.29, 1.82) is 0 Å². The second-order valence-electron chi connectivity index (χ2n) is 8.72. The smallest absolute Gasteiger partial charge is 0.342 e. The van der Waals surface area contributed by atoms with Gasteiger partial charge in [-0.05, 0) is 61.3 Å². The molecule has 1 heterocycles. The highest BCUT2D eigenvalue weighted by molar-refractivity contribution is 5.81. The molecule has 1 amide bonds. The highest BCUT2D eigenvalue weighted by Gasteiger charge is 2.38. The first-order valence-corrected chi connectivity index (χ1v) is 8.25. The van der Waals surface area contributed by atoms with Crippen molar-refractivity contribution >= 4 is 11.9 Å². The molecular weight excluding hydrogens is 296 g/mol. The molecule has 0 saturated carbocycles. The SMILES string of the molecule is CC1(C)CC(NC(=O)CCC(=O)OOC(C)(C)C)CC(C)(C)N1. The molecule has 0 aromatic rings. The Labute approximate surface area is 139 Å². The third-order valence-electron chi connectivity index (χ3n) is 3.50. The molecule has 0 aromatic heterocycles. The van der Waals surface area contributed by atoms with Crippen LogP contribution in [0, 0.1) is 0 Å². The topological polar surface area (TPSA) is 76.7 Å². The Bertz CT molecular complexity index is 422. The molecule has 0 spiro atoms. The van der Waals surface area contributed by atoms with E-state index in [0.29, 0.717) is 0 Å². The van der Waals surface area contributed by atoms with Gasteiger partial charge in [0, 0.05) is 23.5 Å². The summed E-state index contributed by atoms with van der Waals surface area (Å²) < 4.78 is 0. The minimum atomic E-state index is -0.551. The average molecular weight is 328 g/mol. The molecule has 2 N–H and O–H groups in total. The molecule has 1 fully saturated rings. The quantitative estimate of drug-likeness (QED) is 0.599. The highest BCUT2D eigenvalue weighted by Crippen LogP contribution is 2.28. The fraction of sp³-hybridized carbons (Fsp3) is 0.882. The molecule has 0 aromatic carbocycles. The molecule has 1 rings (SSSR count). The summed E-state index contributed by atoms with van der Waals surface area (Å²) in [6.45, 7) is 13.9. The fourth-order valence-corrected chi connectivity index (χ4v) is 3.15. The van der Waals surface area contributed by atoms with Crippen LogP contribution in [0.25, 0.3) is 0 Å². The van der Waals surface area contributed by atoms with Gasteiger partial charge in [-0.2, -0.15) is 4.89 Å². The van der Waals surface area contributed by atoms with Crippen LogP contribution in [0.15, 0.2) is 0 Å². The number of amides is 1. The van der Waals surface area contributed by atoms with E-state index in [9.17, 15) is 9.59 Å². The molecule has 134 valence electrons. The zero-order valence-corrected chi connectivity index (χ0v) is 15.5. The Morgan fingerprint density at radius 2 is 1.61 bits per heavy atom. The monoisotopic (exact) mass is 328 g/mol. The second-order valence-corrected chi connectivity index (χ2v) is 8.72. The van der Waals surface area contributed by atoms with Gasteiger partial charge in [-0.3, -0.25) is 9.68 Å². The Morgan fingerprint density at radius 3 is 2.09 bits per heavy atom. The minimum Gasteiger partial charge on any atom is -0.353 e. The van der Waals surface area contributed by atoms with Crippen LogP contribution >= 0.6 is 0 Å². The van der Waals surface area contributed by atoms with E-state index in [-0.39, 0.29) is 35.9 Å². The summed E-state index contributed by atoms with van der Waals surface area (Å²) in [5.74, 6) is -0.655. The molecule has 0 aliphatic carbocycles. The zero-order chi connectivity index (χ0) is 17.9. The minimum absolute atomic E-state index is 0.0136. The number of carbonyl (C=O) groups excluding carboxylic acids is 2. The number of rotatable bonds is 5. The van der Waals surface area contributed by atoms with Crippen LogP contribution in [0.1, 0.15) is 74.1 Å². The predicted octanol–water partition coefficient (Wildman–Crippen LogP) is 2.47. The molecule has 0 unspecified atom stereocenters. The standard InChI is InChI=1S/C17H32N2O4/c1-15(2,3)23-22-14(21)9-8-13(20)18-12-10-16(4,5)19-17(6,7)11-12/h12,19H,8-11H2,1-7H3,(H,18,20). The van der Waals surface area contributed by atoms with Gasteiger partial charge in [0.25, 0.3) is 0 Å². The van der Waals surface area contributed by atoms with Gasteiger partial charge in [0.2, 0.25) is 5.91 Å². The van der Waals surface area contributed by atoms with Crippen LogP contribution in [0.4, 0.5) is 0 Å². The maximum Gasteiger partial charge on any atom is 0.342 e. The molecule has 1 saturated heterocycles. The van der Waals surface area contributed by atoms with Gasteiger partial charge < -0.3 is 10.6 Å². The molecule has 23 heavy (non-hydrogen) atoms. The zero-order valence-electron chi connectivity index (χ0n) is 15.5. The van der Waals surface area contributed by atoms with Gasteiger partial charge >= 0.3 is 5.97 Å². The molecule has 1 aliphatic rings. The van der Waals surface area contributed by atoms with E-state index < -0.39 is 11.6 Å². The van der Waals surface area contributed by atoms with Gasteiger partial charge in [0.05, 0.1) is 6.42 Å². The van der Waals surface area contributed by atoms with Crippen molar-refractivity contribution in [3.8, 4) is 0 Å². The highest BCUT2D eigenvalue weighted by atomic mass is 17.2. The largest absolute Gasteiger partial charge is 0.353 e.